The first-order valence-electron chi connectivity index (χ1n) is 7.48. The lowest BCUT2D eigenvalue weighted by Gasteiger charge is -2.11. The molecule has 2 N–H and O–H groups in total. The zero-order valence-electron chi connectivity index (χ0n) is 13.1. The smallest absolute Gasteiger partial charge is 0.250 e. The predicted molar refractivity (Wildman–Crippen MR) is 92.0 cm³/mol. The van der Waals surface area contributed by atoms with Crippen molar-refractivity contribution in [1.82, 2.24) is 14.5 Å². The van der Waals surface area contributed by atoms with E-state index in [1.807, 2.05) is 43.3 Å². The molecule has 24 heavy (non-hydrogen) atoms. The molecule has 3 aromatic rings. The van der Waals surface area contributed by atoms with Crippen LogP contribution in [-0.2, 0) is 6.54 Å². The molecule has 6 heteroatoms. The van der Waals surface area contributed by atoms with E-state index in [0.717, 1.165) is 5.56 Å². The Hall–Kier alpha value is -3.46. The second-order valence-corrected chi connectivity index (χ2v) is 5.17. The van der Waals surface area contributed by atoms with Gasteiger partial charge in [-0.25, -0.2) is 9.97 Å². The largest absolute Gasteiger partial charge is 0.381 e. The van der Waals surface area contributed by atoms with Crippen LogP contribution in [0.25, 0.3) is 22.5 Å². The van der Waals surface area contributed by atoms with Crippen LogP contribution in [0.1, 0.15) is 12.6 Å². The van der Waals surface area contributed by atoms with Crippen molar-refractivity contribution >= 4 is 5.82 Å². The van der Waals surface area contributed by atoms with Gasteiger partial charge in [-0.1, -0.05) is 30.3 Å². The number of nitrogens with zero attached hydrogens (tertiary/aromatic N) is 4. The summed E-state index contributed by atoms with van der Waals surface area (Å²) < 4.78 is 1.58. The van der Waals surface area contributed by atoms with Gasteiger partial charge in [0.2, 0.25) is 0 Å². The molecule has 0 aliphatic carbocycles. The van der Waals surface area contributed by atoms with Crippen LogP contribution in [0.3, 0.4) is 0 Å². The standard InChI is InChI=1S/C18H15N5O/c1-2-23-11-13(8-9-15(23)24)17-16(12-6-4-3-5-7-12)22-18(20)14(10-19)21-17/h3-9,11H,2H2,1H3,(H2,20,22). The van der Waals surface area contributed by atoms with Gasteiger partial charge in [0.1, 0.15) is 6.07 Å². The molecule has 0 saturated heterocycles. The van der Waals surface area contributed by atoms with E-state index in [1.165, 1.54) is 6.07 Å². The summed E-state index contributed by atoms with van der Waals surface area (Å²) >= 11 is 0. The van der Waals surface area contributed by atoms with Crippen molar-refractivity contribution in [2.75, 3.05) is 5.73 Å². The molecule has 0 radical (unpaired) electrons. The van der Waals surface area contributed by atoms with E-state index < -0.39 is 0 Å². The first-order chi connectivity index (χ1) is 11.6. The number of aryl methyl sites for hydroxylation is 1. The fourth-order valence-corrected chi connectivity index (χ4v) is 2.45. The topological polar surface area (TPSA) is 97.6 Å². The maximum atomic E-state index is 11.8. The first kappa shape index (κ1) is 15.4. The lowest BCUT2D eigenvalue weighted by Crippen LogP contribution is -2.17. The Bertz CT molecular complexity index is 987. The summed E-state index contributed by atoms with van der Waals surface area (Å²) in [4.78, 5) is 20.6. The summed E-state index contributed by atoms with van der Waals surface area (Å²) in [6.45, 7) is 2.43. The Morgan fingerprint density at radius 2 is 1.79 bits per heavy atom. The summed E-state index contributed by atoms with van der Waals surface area (Å²) in [6, 6.07) is 14.6. The number of nitrogen functional groups attached to an aromatic ring is 1. The molecule has 0 aliphatic rings. The first-order valence-corrected chi connectivity index (χ1v) is 7.48. The van der Waals surface area contributed by atoms with E-state index >= 15 is 0 Å². The monoisotopic (exact) mass is 317 g/mol. The van der Waals surface area contributed by atoms with Crippen molar-refractivity contribution in [3.05, 3.63) is 64.7 Å². The summed E-state index contributed by atoms with van der Waals surface area (Å²) in [5.41, 5.74) is 8.47. The molecule has 0 unspecified atom stereocenters. The molecule has 0 fully saturated rings. The number of aromatic nitrogens is 3. The third kappa shape index (κ3) is 2.75. The van der Waals surface area contributed by atoms with Crippen LogP contribution < -0.4 is 11.3 Å². The maximum absolute atomic E-state index is 11.8. The molecule has 0 atom stereocenters. The van der Waals surface area contributed by atoms with Crippen LogP contribution in [0.15, 0.2) is 53.5 Å². The molecule has 0 spiro atoms. The Kier molecular flexibility index (Phi) is 4.08. The number of nitrogens with two attached hydrogens (primary N) is 1. The van der Waals surface area contributed by atoms with Gasteiger partial charge in [0, 0.05) is 29.9 Å². The highest BCUT2D eigenvalue weighted by Crippen LogP contribution is 2.30. The van der Waals surface area contributed by atoms with Crippen LogP contribution in [0, 0.1) is 11.3 Å². The maximum Gasteiger partial charge on any atom is 0.250 e. The predicted octanol–water partition coefficient (Wildman–Crippen LogP) is 2.45. The normalized spacial score (nSPS) is 10.3. The van der Waals surface area contributed by atoms with Crippen molar-refractivity contribution in [3.63, 3.8) is 0 Å². The van der Waals surface area contributed by atoms with Gasteiger partial charge < -0.3 is 10.3 Å². The van der Waals surface area contributed by atoms with E-state index in [9.17, 15) is 10.1 Å². The zero-order valence-corrected chi connectivity index (χ0v) is 13.1. The quantitative estimate of drug-likeness (QED) is 0.800. The Labute approximate surface area is 138 Å². The van der Waals surface area contributed by atoms with Gasteiger partial charge in [-0.15, -0.1) is 0 Å². The highest BCUT2D eigenvalue weighted by Gasteiger charge is 2.16. The Morgan fingerprint density at radius 1 is 1.08 bits per heavy atom. The van der Waals surface area contributed by atoms with Crippen molar-refractivity contribution in [2.45, 2.75) is 13.5 Å². The van der Waals surface area contributed by atoms with E-state index in [2.05, 4.69) is 9.97 Å². The van der Waals surface area contributed by atoms with E-state index in [1.54, 1.807) is 16.8 Å². The molecule has 0 amide bonds. The molecular formula is C18H15N5O. The average molecular weight is 317 g/mol. The molecular weight excluding hydrogens is 302 g/mol. The summed E-state index contributed by atoms with van der Waals surface area (Å²) in [5, 5.41) is 9.21. The van der Waals surface area contributed by atoms with Crippen molar-refractivity contribution in [3.8, 4) is 28.6 Å². The van der Waals surface area contributed by atoms with Gasteiger partial charge in [0.05, 0.1) is 11.4 Å². The number of rotatable bonds is 3. The molecule has 118 valence electrons. The molecule has 3 rings (SSSR count). The lowest BCUT2D eigenvalue weighted by atomic mass is 10.0. The highest BCUT2D eigenvalue weighted by molar-refractivity contribution is 5.79. The minimum absolute atomic E-state index is 0.0685. The number of hydrogen-bond acceptors (Lipinski definition) is 5. The van der Waals surface area contributed by atoms with Gasteiger partial charge in [-0.2, -0.15) is 5.26 Å². The molecule has 0 saturated carbocycles. The molecule has 0 bridgehead atoms. The lowest BCUT2D eigenvalue weighted by molar-refractivity contribution is 0.728. The van der Waals surface area contributed by atoms with E-state index in [4.69, 9.17) is 5.73 Å². The van der Waals surface area contributed by atoms with Crippen molar-refractivity contribution in [2.24, 2.45) is 0 Å². The van der Waals surface area contributed by atoms with Crippen LogP contribution in [0.4, 0.5) is 5.82 Å². The van der Waals surface area contributed by atoms with E-state index in [-0.39, 0.29) is 17.1 Å². The van der Waals surface area contributed by atoms with Crippen molar-refractivity contribution < 1.29 is 0 Å². The van der Waals surface area contributed by atoms with Gasteiger partial charge in [0.15, 0.2) is 11.5 Å². The zero-order chi connectivity index (χ0) is 17.1. The fourth-order valence-electron chi connectivity index (χ4n) is 2.45. The average Bonchev–Trinajstić information content (AvgIpc) is 2.63. The van der Waals surface area contributed by atoms with Gasteiger partial charge in [0.25, 0.3) is 5.56 Å². The third-order valence-electron chi connectivity index (χ3n) is 3.67. The van der Waals surface area contributed by atoms with Crippen LogP contribution in [0.5, 0.6) is 0 Å². The minimum Gasteiger partial charge on any atom is -0.381 e. The molecule has 2 aromatic heterocycles. The number of nitriles is 1. The van der Waals surface area contributed by atoms with Gasteiger partial charge in [-0.05, 0) is 13.0 Å². The number of hydrogen-bond donors (Lipinski definition) is 1. The SMILES string of the molecule is CCn1cc(-c2nc(C#N)c(N)nc2-c2ccccc2)ccc1=O. The third-order valence-corrected chi connectivity index (χ3v) is 3.67. The molecule has 1 aromatic carbocycles. The summed E-state index contributed by atoms with van der Waals surface area (Å²) in [7, 11) is 0. The Balaban J connectivity index is 2.30. The van der Waals surface area contributed by atoms with Crippen LogP contribution in [0.2, 0.25) is 0 Å². The molecule has 2 heterocycles. The van der Waals surface area contributed by atoms with Gasteiger partial charge in [-0.3, -0.25) is 4.79 Å². The minimum atomic E-state index is -0.0913. The molecule has 6 nitrogen and oxygen atoms in total. The molecule has 0 aliphatic heterocycles. The summed E-state index contributed by atoms with van der Waals surface area (Å²) in [6.07, 6.45) is 1.72. The number of anilines is 1. The summed E-state index contributed by atoms with van der Waals surface area (Å²) in [5.74, 6) is 0.0870. The van der Waals surface area contributed by atoms with Gasteiger partial charge >= 0.3 is 0 Å². The number of benzene rings is 1. The second-order valence-electron chi connectivity index (χ2n) is 5.17. The second kappa shape index (κ2) is 6.34. The van der Waals surface area contributed by atoms with Crippen molar-refractivity contribution in [1.29, 1.82) is 5.26 Å². The van der Waals surface area contributed by atoms with Crippen LogP contribution >= 0.6 is 0 Å². The fraction of sp³-hybridized carbons (Fsp3) is 0.111. The Morgan fingerprint density at radius 3 is 2.46 bits per heavy atom. The number of pyridine rings is 1. The van der Waals surface area contributed by atoms with Crippen LogP contribution in [-0.4, -0.2) is 14.5 Å². The van der Waals surface area contributed by atoms with E-state index in [0.29, 0.717) is 23.5 Å². The highest BCUT2D eigenvalue weighted by atomic mass is 16.1.